The van der Waals surface area contributed by atoms with Gasteiger partial charge in [0.2, 0.25) is 0 Å². The molecule has 0 spiro atoms. The van der Waals surface area contributed by atoms with Crippen molar-refractivity contribution in [1.29, 1.82) is 0 Å². The van der Waals surface area contributed by atoms with Gasteiger partial charge < -0.3 is 4.74 Å². The molecule has 2 aromatic carbocycles. The van der Waals surface area contributed by atoms with Gasteiger partial charge in [-0.15, -0.1) is 0 Å². The van der Waals surface area contributed by atoms with E-state index < -0.39 is 11.0 Å². The van der Waals surface area contributed by atoms with E-state index in [4.69, 9.17) is 4.74 Å². The van der Waals surface area contributed by atoms with Crippen LogP contribution in [0.15, 0.2) is 59.7 Å². The lowest BCUT2D eigenvalue weighted by atomic mass is 10.1. The van der Waals surface area contributed by atoms with Crippen LogP contribution in [0.1, 0.15) is 18.0 Å². The molecule has 0 N–H and O–H groups in total. The maximum absolute atomic E-state index is 12.3. The summed E-state index contributed by atoms with van der Waals surface area (Å²) >= 11 is 0. The van der Waals surface area contributed by atoms with Crippen LogP contribution in [-0.2, 0) is 0 Å². The molecular formula is C16H13N3O4. The minimum Gasteiger partial charge on any atom is -0.409 e. The summed E-state index contributed by atoms with van der Waals surface area (Å²) in [6, 6.07) is 14.7. The lowest BCUT2D eigenvalue weighted by molar-refractivity contribution is -0.384. The average molecular weight is 311 g/mol. The zero-order valence-corrected chi connectivity index (χ0v) is 12.0. The number of hydrogen-bond donors (Lipinski definition) is 0. The number of ether oxygens (including phenoxy) is 1. The Kier molecular flexibility index (Phi) is 4.01. The zero-order chi connectivity index (χ0) is 16.2. The van der Waals surface area contributed by atoms with Gasteiger partial charge in [-0.2, -0.15) is 10.1 Å². The van der Waals surface area contributed by atoms with Crippen molar-refractivity contribution in [2.45, 2.75) is 12.5 Å². The number of benzene rings is 2. The number of hydrazone groups is 1. The molecule has 1 heterocycles. The molecule has 0 saturated carbocycles. The summed E-state index contributed by atoms with van der Waals surface area (Å²) < 4.78 is 5.24. The van der Waals surface area contributed by atoms with Crippen molar-refractivity contribution >= 4 is 18.0 Å². The minimum atomic E-state index is -0.624. The van der Waals surface area contributed by atoms with Crippen molar-refractivity contribution in [1.82, 2.24) is 5.01 Å². The normalized spacial score (nSPS) is 16.3. The average Bonchev–Trinajstić information content (AvgIpc) is 3.06. The highest BCUT2D eigenvalue weighted by molar-refractivity contribution is 5.75. The van der Waals surface area contributed by atoms with Crippen molar-refractivity contribution < 1.29 is 14.5 Å². The van der Waals surface area contributed by atoms with E-state index in [0.29, 0.717) is 6.42 Å². The Morgan fingerprint density at radius 3 is 2.52 bits per heavy atom. The van der Waals surface area contributed by atoms with Gasteiger partial charge >= 0.3 is 6.09 Å². The number of hydrogen-bond acceptors (Lipinski definition) is 5. The molecule has 0 fully saturated rings. The molecule has 2 aromatic rings. The standard InChI is InChI=1S/C16H13N3O4/c20-16(23-14-8-6-13(7-9-14)19(21)22)18-15(10-11-17-18)12-4-2-1-3-5-12/h1-9,11,15H,10H2. The molecule has 7 nitrogen and oxygen atoms in total. The molecule has 0 bridgehead atoms. The Morgan fingerprint density at radius 2 is 1.87 bits per heavy atom. The molecule has 7 heteroatoms. The fourth-order valence-electron chi connectivity index (χ4n) is 2.33. The van der Waals surface area contributed by atoms with Crippen molar-refractivity contribution in [3.8, 4) is 5.75 Å². The van der Waals surface area contributed by atoms with Gasteiger partial charge in [0.15, 0.2) is 0 Å². The lowest BCUT2D eigenvalue weighted by Gasteiger charge is -2.21. The second-order valence-corrected chi connectivity index (χ2v) is 4.92. The molecular weight excluding hydrogens is 298 g/mol. The van der Waals surface area contributed by atoms with Gasteiger partial charge in [0.05, 0.1) is 11.0 Å². The first-order valence-corrected chi connectivity index (χ1v) is 6.98. The van der Waals surface area contributed by atoms with E-state index in [1.165, 1.54) is 29.3 Å². The predicted molar refractivity (Wildman–Crippen MR) is 83.3 cm³/mol. The SMILES string of the molecule is O=C(Oc1ccc([N+](=O)[O-])cc1)N1N=CCC1c1ccccc1. The molecule has 3 rings (SSSR count). The Bertz CT molecular complexity index is 744. The van der Waals surface area contributed by atoms with Crippen LogP contribution in [0, 0.1) is 10.1 Å². The second-order valence-electron chi connectivity index (χ2n) is 4.92. The molecule has 0 aromatic heterocycles. The summed E-state index contributed by atoms with van der Waals surface area (Å²) in [7, 11) is 0. The number of amides is 1. The Hall–Kier alpha value is -3.22. The van der Waals surface area contributed by atoms with E-state index in [1.807, 2.05) is 30.3 Å². The number of carbonyl (C=O) groups is 1. The number of non-ortho nitro benzene ring substituents is 1. The van der Waals surface area contributed by atoms with Crippen LogP contribution in [-0.4, -0.2) is 22.2 Å². The highest BCUT2D eigenvalue weighted by Gasteiger charge is 2.29. The fourth-order valence-corrected chi connectivity index (χ4v) is 2.33. The number of rotatable bonds is 3. The van der Waals surface area contributed by atoms with Crippen LogP contribution < -0.4 is 4.74 Å². The summed E-state index contributed by atoms with van der Waals surface area (Å²) in [6.45, 7) is 0. The monoisotopic (exact) mass is 311 g/mol. The highest BCUT2D eigenvalue weighted by Crippen LogP contribution is 2.29. The van der Waals surface area contributed by atoms with Crippen LogP contribution in [0.3, 0.4) is 0 Å². The Balaban J connectivity index is 1.72. The lowest BCUT2D eigenvalue weighted by Crippen LogP contribution is -2.29. The third kappa shape index (κ3) is 3.18. The van der Waals surface area contributed by atoms with Crippen LogP contribution in [0.5, 0.6) is 5.75 Å². The molecule has 116 valence electrons. The summed E-state index contributed by atoms with van der Waals surface area (Å²) in [4.78, 5) is 22.4. The third-order valence-electron chi connectivity index (χ3n) is 3.45. The summed E-state index contributed by atoms with van der Waals surface area (Å²) in [5, 5.41) is 15.9. The van der Waals surface area contributed by atoms with Gasteiger partial charge in [-0.3, -0.25) is 10.1 Å². The van der Waals surface area contributed by atoms with Crippen molar-refractivity contribution in [2.24, 2.45) is 5.10 Å². The van der Waals surface area contributed by atoms with Gasteiger partial charge in [0.1, 0.15) is 5.75 Å². The molecule has 23 heavy (non-hydrogen) atoms. The summed E-state index contributed by atoms with van der Waals surface area (Å²) in [5.41, 5.74) is 0.900. The van der Waals surface area contributed by atoms with Gasteiger partial charge in [0, 0.05) is 24.8 Å². The molecule has 0 radical (unpaired) electrons. The van der Waals surface area contributed by atoms with Gasteiger partial charge in [-0.1, -0.05) is 30.3 Å². The van der Waals surface area contributed by atoms with Crippen molar-refractivity contribution in [3.05, 3.63) is 70.3 Å². The van der Waals surface area contributed by atoms with E-state index in [2.05, 4.69) is 5.10 Å². The number of nitro groups is 1. The smallest absolute Gasteiger partial charge is 0.409 e. The van der Waals surface area contributed by atoms with Gasteiger partial charge in [0.25, 0.3) is 5.69 Å². The maximum Gasteiger partial charge on any atom is 0.436 e. The van der Waals surface area contributed by atoms with Crippen molar-refractivity contribution in [2.75, 3.05) is 0 Å². The van der Waals surface area contributed by atoms with E-state index in [1.54, 1.807) is 6.21 Å². The van der Waals surface area contributed by atoms with E-state index in [-0.39, 0.29) is 17.5 Å². The number of carbonyl (C=O) groups excluding carboxylic acids is 1. The largest absolute Gasteiger partial charge is 0.436 e. The van der Waals surface area contributed by atoms with E-state index >= 15 is 0 Å². The van der Waals surface area contributed by atoms with Crippen LogP contribution >= 0.6 is 0 Å². The molecule has 1 aliphatic heterocycles. The first kappa shape index (κ1) is 14.7. The fraction of sp³-hybridized carbons (Fsp3) is 0.125. The zero-order valence-electron chi connectivity index (χ0n) is 12.0. The number of nitrogens with zero attached hydrogens (tertiary/aromatic N) is 3. The first-order chi connectivity index (χ1) is 11.1. The van der Waals surface area contributed by atoms with Crippen molar-refractivity contribution in [3.63, 3.8) is 0 Å². The first-order valence-electron chi connectivity index (χ1n) is 6.98. The molecule has 1 atom stereocenters. The summed E-state index contributed by atoms with van der Waals surface area (Å²) in [5.74, 6) is 0.231. The Morgan fingerprint density at radius 1 is 1.17 bits per heavy atom. The van der Waals surface area contributed by atoms with Crippen LogP contribution in [0.2, 0.25) is 0 Å². The highest BCUT2D eigenvalue weighted by atomic mass is 16.6. The third-order valence-corrected chi connectivity index (χ3v) is 3.45. The molecule has 0 saturated heterocycles. The topological polar surface area (TPSA) is 85.0 Å². The predicted octanol–water partition coefficient (Wildman–Crippen LogP) is 3.53. The van der Waals surface area contributed by atoms with Crippen LogP contribution in [0.4, 0.5) is 10.5 Å². The minimum absolute atomic E-state index is 0.0637. The van der Waals surface area contributed by atoms with E-state index in [9.17, 15) is 14.9 Å². The van der Waals surface area contributed by atoms with Gasteiger partial charge in [-0.05, 0) is 17.7 Å². The summed E-state index contributed by atoms with van der Waals surface area (Å²) in [6.07, 6.45) is 1.65. The quantitative estimate of drug-likeness (QED) is 0.641. The maximum atomic E-state index is 12.3. The molecule has 1 amide bonds. The molecule has 0 aliphatic carbocycles. The van der Waals surface area contributed by atoms with Crippen LogP contribution in [0.25, 0.3) is 0 Å². The second kappa shape index (κ2) is 6.27. The molecule has 1 aliphatic rings. The Labute approximate surface area is 131 Å². The molecule has 1 unspecified atom stereocenters. The number of nitro benzene ring substituents is 1. The van der Waals surface area contributed by atoms with Gasteiger partial charge in [-0.25, -0.2) is 4.79 Å². The van der Waals surface area contributed by atoms with E-state index in [0.717, 1.165) is 5.56 Å².